The molecule has 3 rings (SSSR count). The second-order valence-electron chi connectivity index (χ2n) is 7.44. The summed E-state index contributed by atoms with van der Waals surface area (Å²) in [5.74, 6) is 0.961. The van der Waals surface area contributed by atoms with Crippen molar-refractivity contribution in [3.63, 3.8) is 0 Å². The third-order valence-corrected chi connectivity index (χ3v) is 5.48. The molecule has 128 valence electrons. The van der Waals surface area contributed by atoms with Crippen LogP contribution in [0.4, 0.5) is 0 Å². The largest absolute Gasteiger partial charge is 0.350 e. The number of hydrogen-bond acceptors (Lipinski definition) is 3. The van der Waals surface area contributed by atoms with Crippen molar-refractivity contribution < 1.29 is 4.79 Å². The summed E-state index contributed by atoms with van der Waals surface area (Å²) in [6.45, 7) is 7.48. The molecule has 0 radical (unpaired) electrons. The number of carbonyl (C=O) groups is 1. The van der Waals surface area contributed by atoms with Crippen molar-refractivity contribution in [1.82, 2.24) is 20.0 Å². The molecule has 1 N–H and O–H groups in total. The molecule has 1 aromatic rings. The lowest BCUT2D eigenvalue weighted by molar-refractivity contribution is 0.0574. The van der Waals surface area contributed by atoms with E-state index in [0.717, 1.165) is 12.2 Å². The minimum atomic E-state index is 0.0137. The molecule has 1 aromatic heterocycles. The highest BCUT2D eigenvalue weighted by Gasteiger charge is 2.33. The number of piperidine rings is 2. The number of fused-ring (bicyclic) bond motifs is 1. The van der Waals surface area contributed by atoms with Crippen LogP contribution in [0.2, 0.25) is 0 Å². The van der Waals surface area contributed by atoms with Gasteiger partial charge in [0.15, 0.2) is 0 Å². The Bertz CT molecular complexity index is 549. The lowest BCUT2D eigenvalue weighted by Gasteiger charge is -2.44. The molecule has 0 saturated carbocycles. The van der Waals surface area contributed by atoms with Crippen molar-refractivity contribution >= 4 is 5.91 Å². The topological polar surface area (TPSA) is 50.2 Å². The normalized spacial score (nSPS) is 25.4. The molecule has 2 aliphatic heterocycles. The van der Waals surface area contributed by atoms with Crippen molar-refractivity contribution in [1.29, 1.82) is 0 Å². The lowest BCUT2D eigenvalue weighted by Crippen LogP contribution is -2.51. The molecule has 1 amide bonds. The summed E-state index contributed by atoms with van der Waals surface area (Å²) in [7, 11) is 1.85. The summed E-state index contributed by atoms with van der Waals surface area (Å²) in [5, 5.41) is 7.61. The fourth-order valence-electron chi connectivity index (χ4n) is 4.11. The van der Waals surface area contributed by atoms with Gasteiger partial charge in [-0.2, -0.15) is 5.10 Å². The zero-order valence-corrected chi connectivity index (χ0v) is 14.7. The third-order valence-electron chi connectivity index (χ3n) is 5.48. The van der Waals surface area contributed by atoms with Crippen LogP contribution in [0.15, 0.2) is 6.07 Å². The van der Waals surface area contributed by atoms with Gasteiger partial charge < -0.3 is 10.2 Å². The molecule has 2 aliphatic rings. The zero-order valence-electron chi connectivity index (χ0n) is 14.7. The van der Waals surface area contributed by atoms with Gasteiger partial charge >= 0.3 is 0 Å². The first-order chi connectivity index (χ1) is 11.1. The van der Waals surface area contributed by atoms with E-state index < -0.39 is 0 Å². The van der Waals surface area contributed by atoms with Crippen molar-refractivity contribution in [2.24, 2.45) is 13.0 Å². The maximum absolute atomic E-state index is 12.5. The highest BCUT2D eigenvalue weighted by molar-refractivity contribution is 5.92. The van der Waals surface area contributed by atoms with Gasteiger partial charge in [0, 0.05) is 19.6 Å². The van der Waals surface area contributed by atoms with Crippen molar-refractivity contribution in [2.45, 2.75) is 57.9 Å². The maximum Gasteiger partial charge on any atom is 0.269 e. The van der Waals surface area contributed by atoms with E-state index in [1.165, 1.54) is 45.2 Å². The van der Waals surface area contributed by atoms with Gasteiger partial charge in [0.05, 0.1) is 5.69 Å². The standard InChI is InChI=1S/C18H30N4O/c1-13(2)15-11-17(21(3)20-15)18(23)19-12-14-7-6-10-22-9-5-4-8-16(14)22/h11,13-14,16H,4-10,12H2,1-3H3,(H,19,23). The van der Waals surface area contributed by atoms with Crippen LogP contribution in [0, 0.1) is 5.92 Å². The van der Waals surface area contributed by atoms with Crippen LogP contribution < -0.4 is 5.32 Å². The van der Waals surface area contributed by atoms with Gasteiger partial charge in [-0.1, -0.05) is 20.3 Å². The first-order valence-corrected chi connectivity index (χ1v) is 9.12. The molecule has 0 aromatic carbocycles. The number of aromatic nitrogens is 2. The molecule has 0 bridgehead atoms. The molecule has 2 fully saturated rings. The van der Waals surface area contributed by atoms with E-state index in [1.54, 1.807) is 4.68 Å². The molecule has 2 saturated heterocycles. The summed E-state index contributed by atoms with van der Waals surface area (Å²) in [4.78, 5) is 15.2. The molecule has 0 spiro atoms. The van der Waals surface area contributed by atoms with Crippen LogP contribution >= 0.6 is 0 Å². The predicted octanol–water partition coefficient (Wildman–Crippen LogP) is 2.54. The van der Waals surface area contributed by atoms with Gasteiger partial charge in [0.2, 0.25) is 0 Å². The summed E-state index contributed by atoms with van der Waals surface area (Å²) >= 11 is 0. The van der Waals surface area contributed by atoms with Gasteiger partial charge in [-0.05, 0) is 56.7 Å². The summed E-state index contributed by atoms with van der Waals surface area (Å²) in [5.41, 5.74) is 1.65. The van der Waals surface area contributed by atoms with Gasteiger partial charge in [0.1, 0.15) is 5.69 Å². The summed E-state index contributed by atoms with van der Waals surface area (Å²) in [6.07, 6.45) is 6.47. The van der Waals surface area contributed by atoms with Crippen LogP contribution in [0.1, 0.15) is 68.1 Å². The number of nitrogens with zero attached hydrogens (tertiary/aromatic N) is 3. The van der Waals surface area contributed by atoms with Gasteiger partial charge in [-0.3, -0.25) is 9.48 Å². The summed E-state index contributed by atoms with van der Waals surface area (Å²) in [6, 6.07) is 2.60. The Morgan fingerprint density at radius 1 is 1.30 bits per heavy atom. The van der Waals surface area contributed by atoms with Crippen LogP contribution in [0.25, 0.3) is 0 Å². The number of aryl methyl sites for hydroxylation is 1. The zero-order chi connectivity index (χ0) is 16.4. The van der Waals surface area contributed by atoms with Gasteiger partial charge in [0.25, 0.3) is 5.91 Å². The highest BCUT2D eigenvalue weighted by atomic mass is 16.2. The second kappa shape index (κ2) is 7.04. The van der Waals surface area contributed by atoms with E-state index >= 15 is 0 Å². The number of rotatable bonds is 4. The monoisotopic (exact) mass is 318 g/mol. The molecule has 23 heavy (non-hydrogen) atoms. The van der Waals surface area contributed by atoms with Crippen molar-refractivity contribution in [3.05, 3.63) is 17.5 Å². The molecule has 0 aliphatic carbocycles. The average molecular weight is 318 g/mol. The SMILES string of the molecule is CC(C)c1cc(C(=O)NCC2CCCN3CCCCC23)n(C)n1. The number of amides is 1. The Kier molecular flexibility index (Phi) is 5.05. The Labute approximate surface area is 139 Å². The molecular weight excluding hydrogens is 288 g/mol. The van der Waals surface area contributed by atoms with Crippen molar-refractivity contribution in [3.8, 4) is 0 Å². The summed E-state index contributed by atoms with van der Waals surface area (Å²) < 4.78 is 1.71. The van der Waals surface area contributed by atoms with Gasteiger partial charge in [-0.15, -0.1) is 0 Å². The second-order valence-corrected chi connectivity index (χ2v) is 7.44. The molecule has 5 heteroatoms. The average Bonchev–Trinajstić information content (AvgIpc) is 2.95. The molecule has 3 heterocycles. The Hall–Kier alpha value is -1.36. The van der Waals surface area contributed by atoms with E-state index in [4.69, 9.17) is 0 Å². The Morgan fingerprint density at radius 3 is 2.83 bits per heavy atom. The van der Waals surface area contributed by atoms with Crippen LogP contribution in [0.3, 0.4) is 0 Å². The van der Waals surface area contributed by atoms with Crippen LogP contribution in [0.5, 0.6) is 0 Å². The molecular formula is C18H30N4O. The number of carbonyl (C=O) groups excluding carboxylic acids is 1. The van der Waals surface area contributed by atoms with E-state index in [-0.39, 0.29) is 5.91 Å². The molecule has 2 unspecified atom stereocenters. The van der Waals surface area contributed by atoms with E-state index in [9.17, 15) is 4.79 Å². The number of hydrogen-bond donors (Lipinski definition) is 1. The third kappa shape index (κ3) is 3.60. The predicted molar refractivity (Wildman–Crippen MR) is 91.6 cm³/mol. The van der Waals surface area contributed by atoms with Gasteiger partial charge in [-0.25, -0.2) is 0 Å². The number of nitrogens with one attached hydrogen (secondary N) is 1. The minimum Gasteiger partial charge on any atom is -0.350 e. The Balaban J connectivity index is 1.60. The van der Waals surface area contributed by atoms with E-state index in [1.807, 2.05) is 13.1 Å². The van der Waals surface area contributed by atoms with E-state index in [0.29, 0.717) is 23.6 Å². The van der Waals surface area contributed by atoms with E-state index in [2.05, 4.69) is 29.2 Å². The van der Waals surface area contributed by atoms with Crippen LogP contribution in [-0.4, -0.2) is 46.3 Å². The quantitative estimate of drug-likeness (QED) is 0.928. The maximum atomic E-state index is 12.5. The van der Waals surface area contributed by atoms with Crippen LogP contribution in [-0.2, 0) is 7.05 Å². The lowest BCUT2D eigenvalue weighted by atomic mass is 9.83. The molecule has 5 nitrogen and oxygen atoms in total. The molecule has 2 atom stereocenters. The first kappa shape index (κ1) is 16.5. The van der Waals surface area contributed by atoms with Crippen molar-refractivity contribution in [2.75, 3.05) is 19.6 Å². The highest BCUT2D eigenvalue weighted by Crippen LogP contribution is 2.30. The Morgan fingerprint density at radius 2 is 2.09 bits per heavy atom. The minimum absolute atomic E-state index is 0.0137. The smallest absolute Gasteiger partial charge is 0.269 e. The first-order valence-electron chi connectivity index (χ1n) is 9.12. The fraction of sp³-hybridized carbons (Fsp3) is 0.778. The fourth-order valence-corrected chi connectivity index (χ4v) is 4.11.